The van der Waals surface area contributed by atoms with Crippen LogP contribution in [0.1, 0.15) is 39.5 Å². The van der Waals surface area contributed by atoms with E-state index in [0.29, 0.717) is 24.7 Å². The molecule has 0 rings (SSSR count). The number of hydrogen-bond acceptors (Lipinski definition) is 5. The fraction of sp³-hybridized carbons (Fsp3) is 0.833. The molecule has 3 nitrogen and oxygen atoms in total. The van der Waals surface area contributed by atoms with Crippen LogP contribution in [0.15, 0.2) is 0 Å². The Morgan fingerprint density at radius 1 is 0.941 bits per heavy atom. The third-order valence-corrected chi connectivity index (χ3v) is 3.78. The van der Waals surface area contributed by atoms with Crippen molar-refractivity contribution in [2.24, 2.45) is 11.8 Å². The summed E-state index contributed by atoms with van der Waals surface area (Å²) in [7, 11) is 0. The number of thiol groups is 2. The highest BCUT2D eigenvalue weighted by molar-refractivity contribution is 7.80. The van der Waals surface area contributed by atoms with Crippen LogP contribution in [0, 0.1) is 11.8 Å². The lowest BCUT2D eigenvalue weighted by atomic mass is 10.1. The van der Waals surface area contributed by atoms with Crippen molar-refractivity contribution in [2.45, 2.75) is 39.5 Å². The maximum atomic E-state index is 11.3. The van der Waals surface area contributed by atoms with Crippen LogP contribution in [0.25, 0.3) is 0 Å². The molecule has 0 aromatic carbocycles. The van der Waals surface area contributed by atoms with Gasteiger partial charge >= 0.3 is 11.9 Å². The lowest BCUT2D eigenvalue weighted by Crippen LogP contribution is -2.14. The van der Waals surface area contributed by atoms with Gasteiger partial charge in [-0.2, -0.15) is 25.3 Å². The minimum absolute atomic E-state index is 0.287. The van der Waals surface area contributed by atoms with Gasteiger partial charge < -0.3 is 4.74 Å². The van der Waals surface area contributed by atoms with Gasteiger partial charge in [-0.05, 0) is 36.2 Å². The molecule has 0 bridgehead atoms. The molecule has 2 unspecified atom stereocenters. The Morgan fingerprint density at radius 3 is 1.59 bits per heavy atom. The van der Waals surface area contributed by atoms with E-state index in [1.165, 1.54) is 0 Å². The molecule has 17 heavy (non-hydrogen) atoms. The Hall–Kier alpha value is -0.160. The Balaban J connectivity index is 3.69. The van der Waals surface area contributed by atoms with E-state index >= 15 is 0 Å². The van der Waals surface area contributed by atoms with Crippen LogP contribution in [-0.4, -0.2) is 23.4 Å². The van der Waals surface area contributed by atoms with Gasteiger partial charge in [-0.1, -0.05) is 13.8 Å². The lowest BCUT2D eigenvalue weighted by molar-refractivity contribution is -0.160. The van der Waals surface area contributed by atoms with Crippen molar-refractivity contribution in [3.05, 3.63) is 0 Å². The number of carbonyl (C=O) groups excluding carboxylic acids is 2. The third kappa shape index (κ3) is 9.53. The summed E-state index contributed by atoms with van der Waals surface area (Å²) < 4.78 is 4.71. The van der Waals surface area contributed by atoms with Crippen LogP contribution in [-0.2, 0) is 14.3 Å². The van der Waals surface area contributed by atoms with Crippen molar-refractivity contribution in [3.8, 4) is 0 Å². The average Bonchev–Trinajstić information content (AvgIpc) is 2.32. The lowest BCUT2D eigenvalue weighted by Gasteiger charge is -2.08. The average molecular weight is 278 g/mol. The monoisotopic (exact) mass is 278 g/mol. The zero-order chi connectivity index (χ0) is 13.3. The molecule has 0 N–H and O–H groups in total. The summed E-state index contributed by atoms with van der Waals surface area (Å²) in [6.07, 6.45) is 2.00. The fourth-order valence-corrected chi connectivity index (χ4v) is 1.51. The Morgan fingerprint density at radius 2 is 1.29 bits per heavy atom. The molecule has 2 atom stereocenters. The van der Waals surface area contributed by atoms with E-state index in [2.05, 4.69) is 25.3 Å². The maximum Gasteiger partial charge on any atom is 0.313 e. The summed E-state index contributed by atoms with van der Waals surface area (Å²) in [6.45, 7) is 4.02. The van der Waals surface area contributed by atoms with Gasteiger partial charge in [0.2, 0.25) is 0 Å². The molecule has 0 heterocycles. The van der Waals surface area contributed by atoms with E-state index < -0.39 is 11.9 Å². The molecule has 0 aliphatic rings. The minimum Gasteiger partial charge on any atom is -0.393 e. The predicted octanol–water partition coefficient (Wildman–Crippen LogP) is 2.75. The van der Waals surface area contributed by atoms with Gasteiger partial charge in [0.25, 0.3) is 0 Å². The van der Waals surface area contributed by atoms with Crippen LogP contribution in [0.2, 0.25) is 0 Å². The maximum absolute atomic E-state index is 11.3. The third-order valence-electron chi connectivity index (χ3n) is 2.53. The van der Waals surface area contributed by atoms with Crippen LogP contribution in [0.5, 0.6) is 0 Å². The fourth-order valence-electron chi connectivity index (χ4n) is 1.14. The SMILES string of the molecule is CC(CS)CCC(=O)OC(=O)CCC(C)CS. The summed E-state index contributed by atoms with van der Waals surface area (Å²) >= 11 is 8.26. The summed E-state index contributed by atoms with van der Waals surface area (Å²) in [5, 5.41) is 0. The number of esters is 2. The van der Waals surface area contributed by atoms with Gasteiger partial charge in [-0.3, -0.25) is 9.59 Å². The molecular weight excluding hydrogens is 256 g/mol. The summed E-state index contributed by atoms with van der Waals surface area (Å²) in [5.41, 5.74) is 0. The van der Waals surface area contributed by atoms with Crippen LogP contribution >= 0.6 is 25.3 Å². The molecule has 0 saturated carbocycles. The topological polar surface area (TPSA) is 43.4 Å². The van der Waals surface area contributed by atoms with E-state index in [4.69, 9.17) is 4.74 Å². The quantitative estimate of drug-likeness (QED) is 0.407. The van der Waals surface area contributed by atoms with Crippen molar-refractivity contribution in [2.75, 3.05) is 11.5 Å². The highest BCUT2D eigenvalue weighted by Gasteiger charge is 2.12. The number of hydrogen-bond donors (Lipinski definition) is 2. The largest absolute Gasteiger partial charge is 0.393 e. The van der Waals surface area contributed by atoms with Crippen molar-refractivity contribution in [1.29, 1.82) is 0 Å². The van der Waals surface area contributed by atoms with E-state index in [0.717, 1.165) is 11.5 Å². The Bertz CT molecular complexity index is 220. The first-order chi connectivity index (χ1) is 7.99. The minimum atomic E-state index is -0.429. The van der Waals surface area contributed by atoms with Gasteiger partial charge in [0.1, 0.15) is 0 Å². The van der Waals surface area contributed by atoms with Crippen molar-refractivity contribution in [1.82, 2.24) is 0 Å². The molecule has 0 amide bonds. The smallest absolute Gasteiger partial charge is 0.313 e. The van der Waals surface area contributed by atoms with Crippen molar-refractivity contribution in [3.63, 3.8) is 0 Å². The van der Waals surface area contributed by atoms with Crippen molar-refractivity contribution >= 4 is 37.2 Å². The van der Waals surface area contributed by atoms with Crippen LogP contribution < -0.4 is 0 Å². The second-order valence-electron chi connectivity index (χ2n) is 4.50. The molecule has 0 spiro atoms. The number of rotatable bonds is 8. The van der Waals surface area contributed by atoms with Crippen molar-refractivity contribution < 1.29 is 14.3 Å². The highest BCUT2D eigenvalue weighted by Crippen LogP contribution is 2.10. The first kappa shape index (κ1) is 16.8. The molecule has 0 saturated heterocycles. The van der Waals surface area contributed by atoms with Crippen LogP contribution in [0.4, 0.5) is 0 Å². The standard InChI is InChI=1S/C12H22O3S2/c1-9(7-16)3-5-11(13)15-12(14)6-4-10(2)8-17/h9-10,16-17H,3-8H2,1-2H3. The van der Waals surface area contributed by atoms with Gasteiger partial charge in [-0.15, -0.1) is 0 Å². The van der Waals surface area contributed by atoms with Crippen LogP contribution in [0.3, 0.4) is 0 Å². The van der Waals surface area contributed by atoms with Gasteiger partial charge in [-0.25, -0.2) is 0 Å². The first-order valence-electron chi connectivity index (χ1n) is 5.94. The zero-order valence-electron chi connectivity index (χ0n) is 10.5. The number of ether oxygens (including phenoxy) is 1. The number of carbonyl (C=O) groups is 2. The Labute approximate surface area is 115 Å². The van der Waals surface area contributed by atoms with Gasteiger partial charge in [0.15, 0.2) is 0 Å². The molecule has 0 aromatic heterocycles. The Kier molecular flexibility index (Phi) is 9.74. The van der Waals surface area contributed by atoms with Gasteiger partial charge in [0, 0.05) is 12.8 Å². The summed E-state index contributed by atoms with van der Waals surface area (Å²) in [4.78, 5) is 22.6. The van der Waals surface area contributed by atoms with Gasteiger partial charge in [0.05, 0.1) is 0 Å². The second-order valence-corrected chi connectivity index (χ2v) is 5.23. The van der Waals surface area contributed by atoms with E-state index in [1.54, 1.807) is 0 Å². The normalized spacial score (nSPS) is 14.1. The van der Waals surface area contributed by atoms with E-state index in [-0.39, 0.29) is 12.8 Å². The first-order valence-corrected chi connectivity index (χ1v) is 7.21. The predicted molar refractivity (Wildman–Crippen MR) is 75.6 cm³/mol. The molecule has 100 valence electrons. The highest BCUT2D eigenvalue weighted by atomic mass is 32.1. The molecule has 0 radical (unpaired) electrons. The molecule has 0 aliphatic carbocycles. The summed E-state index contributed by atoms with van der Waals surface area (Å²) in [6, 6.07) is 0. The molecule has 0 aromatic rings. The van der Waals surface area contributed by atoms with E-state index in [9.17, 15) is 9.59 Å². The van der Waals surface area contributed by atoms with E-state index in [1.807, 2.05) is 13.8 Å². The molecule has 5 heteroatoms. The summed E-state index contributed by atoms with van der Waals surface area (Å²) in [5.74, 6) is 1.35. The molecule has 0 fully saturated rings. The molecular formula is C12H22O3S2. The zero-order valence-corrected chi connectivity index (χ0v) is 12.3. The second kappa shape index (κ2) is 9.83. The molecule has 0 aliphatic heterocycles.